The van der Waals surface area contributed by atoms with E-state index in [9.17, 15) is 4.79 Å². The molecule has 0 aromatic carbocycles. The fourth-order valence-electron chi connectivity index (χ4n) is 0.0835. The average molecular weight is 158 g/mol. The molecule has 0 saturated carbocycles. The summed E-state index contributed by atoms with van der Waals surface area (Å²) < 4.78 is 0.586. The van der Waals surface area contributed by atoms with Crippen LogP contribution in [-0.2, 0) is 4.79 Å². The lowest BCUT2D eigenvalue weighted by atomic mass is 10.4. The van der Waals surface area contributed by atoms with Crippen LogP contribution >= 0.6 is 23.6 Å². The van der Waals surface area contributed by atoms with E-state index >= 15 is 0 Å². The molecule has 48 valence electrons. The first-order valence-corrected chi connectivity index (χ1v) is 2.57. The van der Waals surface area contributed by atoms with Crippen LogP contribution in [0, 0.1) is 0 Å². The second-order valence-corrected chi connectivity index (χ2v) is 2.17. The number of aliphatic carboxylic acids is 1. The molecule has 0 radical (unpaired) electrons. The molecule has 0 aromatic heterocycles. The first-order chi connectivity index (χ1) is 3.55. The van der Waals surface area contributed by atoms with Crippen molar-refractivity contribution in [2.45, 2.75) is 13.0 Å². The molecule has 3 nitrogen and oxygen atoms in total. The molecule has 1 N–H and O–H groups in total. The Kier molecular flexibility index (Phi) is 3.12. The Bertz CT molecular complexity index is 95.3. The minimum Gasteiger partial charge on any atom is -0.480 e. The Morgan fingerprint density at radius 1 is 1.75 bits per heavy atom. The number of nitrogens with zero attached hydrogens (tertiary/aromatic N) is 1. The van der Waals surface area contributed by atoms with Gasteiger partial charge in [-0.1, -0.05) is 0 Å². The van der Waals surface area contributed by atoms with E-state index in [2.05, 4.69) is 0 Å². The molecule has 0 heterocycles. The molecule has 1 atom stereocenters. The van der Waals surface area contributed by atoms with Crippen molar-refractivity contribution in [3.8, 4) is 0 Å². The smallest absolute Gasteiger partial charge is 0.323 e. The average Bonchev–Trinajstić information content (AvgIpc) is 1.64. The molecule has 0 aromatic rings. The van der Waals surface area contributed by atoms with Gasteiger partial charge in [-0.3, -0.25) is 4.79 Å². The Morgan fingerprint density at radius 2 is 2.12 bits per heavy atom. The lowest BCUT2D eigenvalue weighted by Gasteiger charge is -2.06. The Labute approximate surface area is 57.0 Å². The minimum atomic E-state index is -1.05. The maximum atomic E-state index is 9.93. The summed E-state index contributed by atoms with van der Waals surface area (Å²) in [6.07, 6.45) is 0. The van der Waals surface area contributed by atoms with Crippen molar-refractivity contribution in [1.82, 2.24) is 3.94 Å². The van der Waals surface area contributed by atoms with Crippen molar-refractivity contribution in [3.05, 3.63) is 0 Å². The molecule has 0 aliphatic heterocycles. The summed E-state index contributed by atoms with van der Waals surface area (Å²) in [6.45, 7) is 1.38. The summed E-state index contributed by atoms with van der Waals surface area (Å²) in [5.74, 6) is -1.05. The third-order valence-corrected chi connectivity index (χ3v) is 1.24. The van der Waals surface area contributed by atoms with E-state index in [1.165, 1.54) is 6.92 Å². The molecule has 0 aliphatic rings. The third kappa shape index (κ3) is 2.35. The lowest BCUT2D eigenvalue weighted by Crippen LogP contribution is -2.25. The maximum absolute atomic E-state index is 9.93. The van der Waals surface area contributed by atoms with Gasteiger partial charge in [0.2, 0.25) is 0 Å². The van der Waals surface area contributed by atoms with Crippen LogP contribution in [0.1, 0.15) is 6.92 Å². The second kappa shape index (κ2) is 3.12. The Hall–Kier alpha value is 0.01000. The number of carboxylic acids is 1. The molecule has 0 saturated heterocycles. The molecule has 0 aliphatic carbocycles. The Morgan fingerprint density at radius 3 is 2.12 bits per heavy atom. The highest BCUT2D eigenvalue weighted by atomic mass is 35.5. The van der Waals surface area contributed by atoms with Gasteiger partial charge < -0.3 is 5.11 Å². The van der Waals surface area contributed by atoms with E-state index in [1.54, 1.807) is 0 Å². The SMILES string of the molecule is CC(C(=O)O)N(Cl)Cl. The standard InChI is InChI=1S/C3H5Cl2NO2/c1-2(3(7)8)6(4)5/h2H,1H3,(H,7,8). The number of carbonyl (C=O) groups is 1. The van der Waals surface area contributed by atoms with E-state index in [0.29, 0.717) is 3.94 Å². The largest absolute Gasteiger partial charge is 0.480 e. The van der Waals surface area contributed by atoms with Crippen molar-refractivity contribution in [2.24, 2.45) is 0 Å². The van der Waals surface area contributed by atoms with E-state index < -0.39 is 12.0 Å². The van der Waals surface area contributed by atoms with Gasteiger partial charge in [0.05, 0.1) is 0 Å². The van der Waals surface area contributed by atoms with Gasteiger partial charge in [0.1, 0.15) is 6.04 Å². The van der Waals surface area contributed by atoms with Crippen LogP contribution in [0.2, 0.25) is 0 Å². The van der Waals surface area contributed by atoms with Crippen molar-refractivity contribution in [2.75, 3.05) is 0 Å². The van der Waals surface area contributed by atoms with Crippen LogP contribution in [0.3, 0.4) is 0 Å². The minimum absolute atomic E-state index is 0.586. The van der Waals surface area contributed by atoms with Crippen LogP contribution in [0.4, 0.5) is 0 Å². The highest BCUT2D eigenvalue weighted by molar-refractivity contribution is 6.34. The molecule has 1 unspecified atom stereocenters. The summed E-state index contributed by atoms with van der Waals surface area (Å²) in [6, 6.07) is -0.849. The normalized spacial score (nSPS) is 14.0. The quantitative estimate of drug-likeness (QED) is 0.611. The predicted molar refractivity (Wildman–Crippen MR) is 30.6 cm³/mol. The fourth-order valence-corrected chi connectivity index (χ4v) is 0.250. The molecule has 8 heavy (non-hydrogen) atoms. The van der Waals surface area contributed by atoms with Gasteiger partial charge in [0.25, 0.3) is 0 Å². The van der Waals surface area contributed by atoms with Crippen LogP contribution in [-0.4, -0.2) is 21.1 Å². The summed E-state index contributed by atoms with van der Waals surface area (Å²) >= 11 is 10.1. The molecule has 0 bridgehead atoms. The van der Waals surface area contributed by atoms with Crippen LogP contribution in [0.25, 0.3) is 0 Å². The van der Waals surface area contributed by atoms with E-state index in [-0.39, 0.29) is 0 Å². The summed E-state index contributed by atoms with van der Waals surface area (Å²) in [7, 11) is 0. The Balaban J connectivity index is 3.64. The van der Waals surface area contributed by atoms with E-state index in [4.69, 9.17) is 28.7 Å². The zero-order valence-corrected chi connectivity index (χ0v) is 5.65. The number of hydrogen-bond donors (Lipinski definition) is 1. The van der Waals surface area contributed by atoms with Crippen LogP contribution in [0.5, 0.6) is 0 Å². The lowest BCUT2D eigenvalue weighted by molar-refractivity contribution is -0.139. The highest BCUT2D eigenvalue weighted by Crippen LogP contribution is 2.05. The van der Waals surface area contributed by atoms with Crippen LogP contribution in [0.15, 0.2) is 0 Å². The van der Waals surface area contributed by atoms with Crippen molar-refractivity contribution >= 4 is 29.5 Å². The monoisotopic (exact) mass is 157 g/mol. The number of halogens is 2. The molecular formula is C3H5Cl2NO2. The zero-order chi connectivity index (χ0) is 6.73. The van der Waals surface area contributed by atoms with Gasteiger partial charge in [-0.2, -0.15) is 0 Å². The first-order valence-electron chi connectivity index (χ1n) is 1.89. The number of rotatable bonds is 2. The van der Waals surface area contributed by atoms with Crippen molar-refractivity contribution < 1.29 is 9.90 Å². The molecule has 0 rings (SSSR count). The maximum Gasteiger partial charge on any atom is 0.323 e. The number of carboxylic acid groups (broad SMARTS) is 1. The summed E-state index contributed by atoms with van der Waals surface area (Å²) in [5, 5.41) is 8.14. The van der Waals surface area contributed by atoms with Gasteiger partial charge in [0.15, 0.2) is 0 Å². The topological polar surface area (TPSA) is 40.5 Å². The first kappa shape index (κ1) is 8.01. The van der Waals surface area contributed by atoms with Gasteiger partial charge in [-0.05, 0) is 30.5 Å². The second-order valence-electron chi connectivity index (χ2n) is 1.27. The van der Waals surface area contributed by atoms with Crippen molar-refractivity contribution in [1.29, 1.82) is 0 Å². The zero-order valence-electron chi connectivity index (χ0n) is 4.14. The predicted octanol–water partition coefficient (Wildman–Crippen LogP) is 1.07. The molecule has 5 heteroatoms. The third-order valence-electron chi connectivity index (χ3n) is 0.650. The highest BCUT2D eigenvalue weighted by Gasteiger charge is 2.15. The molecule has 0 spiro atoms. The van der Waals surface area contributed by atoms with Crippen LogP contribution < -0.4 is 0 Å². The van der Waals surface area contributed by atoms with E-state index in [0.717, 1.165) is 0 Å². The molecule has 0 amide bonds. The number of hydrogen-bond acceptors (Lipinski definition) is 2. The fraction of sp³-hybridized carbons (Fsp3) is 0.667. The van der Waals surface area contributed by atoms with Crippen molar-refractivity contribution in [3.63, 3.8) is 0 Å². The summed E-state index contributed by atoms with van der Waals surface area (Å²) in [4.78, 5) is 9.93. The summed E-state index contributed by atoms with van der Waals surface area (Å²) in [5.41, 5.74) is 0. The van der Waals surface area contributed by atoms with Gasteiger partial charge >= 0.3 is 5.97 Å². The van der Waals surface area contributed by atoms with Gasteiger partial charge in [0, 0.05) is 0 Å². The molecular weight excluding hydrogens is 153 g/mol. The van der Waals surface area contributed by atoms with Gasteiger partial charge in [-0.25, -0.2) is 0 Å². The molecule has 0 fully saturated rings. The van der Waals surface area contributed by atoms with Gasteiger partial charge in [-0.15, -0.1) is 3.94 Å². The van der Waals surface area contributed by atoms with E-state index in [1.807, 2.05) is 0 Å².